The first-order valence-corrected chi connectivity index (χ1v) is 8.16. The van der Waals surface area contributed by atoms with Crippen LogP contribution in [0, 0.1) is 33.3 Å². The van der Waals surface area contributed by atoms with Gasteiger partial charge in [-0.3, -0.25) is 10.1 Å². The minimum Gasteiger partial charge on any atom is -0.373 e. The Bertz CT molecular complexity index is 703. The minimum atomic E-state index is -0.498. The van der Waals surface area contributed by atoms with Gasteiger partial charge in [0, 0.05) is 27.9 Å². The van der Waals surface area contributed by atoms with Gasteiger partial charge in [-0.05, 0) is 55.0 Å². The number of rotatable bonds is 4. The lowest BCUT2D eigenvalue weighted by Crippen LogP contribution is -2.09. The van der Waals surface area contributed by atoms with E-state index in [1.165, 1.54) is 17.0 Å². The van der Waals surface area contributed by atoms with Crippen LogP contribution in [0.4, 0.5) is 15.8 Å². The fourth-order valence-electron chi connectivity index (χ4n) is 2.19. The quantitative estimate of drug-likeness (QED) is 0.421. The number of thiophene rings is 1. The summed E-state index contributed by atoms with van der Waals surface area (Å²) in [7, 11) is 0. The first kappa shape index (κ1) is 16.2. The third kappa shape index (κ3) is 3.52. The van der Waals surface area contributed by atoms with Gasteiger partial charge in [0.15, 0.2) is 0 Å². The van der Waals surface area contributed by atoms with E-state index >= 15 is 0 Å². The van der Waals surface area contributed by atoms with Crippen molar-refractivity contribution >= 4 is 45.3 Å². The molecule has 1 heterocycles. The van der Waals surface area contributed by atoms with Crippen molar-refractivity contribution in [1.82, 2.24) is 0 Å². The Morgan fingerprint density at radius 2 is 2.05 bits per heavy atom. The number of halogens is 2. The van der Waals surface area contributed by atoms with Gasteiger partial charge in [-0.1, -0.05) is 0 Å². The topological polar surface area (TPSA) is 55.2 Å². The first-order valence-electron chi connectivity index (χ1n) is 6.26. The van der Waals surface area contributed by atoms with E-state index < -0.39 is 10.7 Å². The summed E-state index contributed by atoms with van der Waals surface area (Å²) in [5, 5.41) is 14.2. The molecule has 1 aromatic heterocycles. The Balaban J connectivity index is 2.36. The van der Waals surface area contributed by atoms with Crippen LogP contribution in [0.25, 0.3) is 0 Å². The molecule has 1 atom stereocenters. The van der Waals surface area contributed by atoms with Crippen LogP contribution in [0.15, 0.2) is 18.2 Å². The Hall–Kier alpha value is -1.22. The largest absolute Gasteiger partial charge is 0.373 e. The van der Waals surface area contributed by atoms with Gasteiger partial charge in [0.1, 0.15) is 11.5 Å². The highest BCUT2D eigenvalue weighted by molar-refractivity contribution is 14.1. The summed E-state index contributed by atoms with van der Waals surface area (Å²) in [5.41, 5.74) is 1.16. The number of hydrogen-bond donors (Lipinski definition) is 1. The number of benzene rings is 1. The van der Waals surface area contributed by atoms with Gasteiger partial charge in [-0.2, -0.15) is 0 Å². The summed E-state index contributed by atoms with van der Waals surface area (Å²) < 4.78 is 13.9. The Labute approximate surface area is 139 Å². The number of hydrogen-bond acceptors (Lipinski definition) is 4. The maximum Gasteiger partial charge on any atom is 0.293 e. The van der Waals surface area contributed by atoms with E-state index in [4.69, 9.17) is 0 Å². The molecular weight excluding hydrogens is 406 g/mol. The number of nitrogens with one attached hydrogen (secondary N) is 1. The molecule has 4 nitrogen and oxygen atoms in total. The Morgan fingerprint density at radius 1 is 1.38 bits per heavy atom. The van der Waals surface area contributed by atoms with Crippen molar-refractivity contribution < 1.29 is 9.31 Å². The predicted octanol–water partition coefficient (Wildman–Crippen LogP) is 5.19. The lowest BCUT2D eigenvalue weighted by Gasteiger charge is -2.16. The number of anilines is 1. The summed E-state index contributed by atoms with van der Waals surface area (Å²) in [5.74, 6) is -0.464. The summed E-state index contributed by atoms with van der Waals surface area (Å²) in [6.07, 6.45) is 0. The summed E-state index contributed by atoms with van der Waals surface area (Å²) in [6, 6.07) is 4.35. The van der Waals surface area contributed by atoms with Crippen molar-refractivity contribution in [3.05, 3.63) is 53.0 Å². The van der Waals surface area contributed by atoms with Gasteiger partial charge in [-0.25, -0.2) is 4.39 Å². The number of nitro benzene ring substituents is 1. The van der Waals surface area contributed by atoms with Gasteiger partial charge >= 0.3 is 0 Å². The van der Waals surface area contributed by atoms with E-state index in [1.807, 2.05) is 26.8 Å². The molecule has 21 heavy (non-hydrogen) atoms. The molecular formula is C14H14FIN2O2S. The van der Waals surface area contributed by atoms with Crippen molar-refractivity contribution in [2.24, 2.45) is 0 Å². The number of aryl methyl sites for hydroxylation is 2. The van der Waals surface area contributed by atoms with E-state index in [-0.39, 0.29) is 21.0 Å². The second-order valence-electron chi connectivity index (χ2n) is 4.78. The molecule has 0 spiro atoms. The van der Waals surface area contributed by atoms with Crippen molar-refractivity contribution in [3.63, 3.8) is 0 Å². The predicted molar refractivity (Wildman–Crippen MR) is 91.6 cm³/mol. The second kappa shape index (κ2) is 6.27. The molecule has 0 amide bonds. The van der Waals surface area contributed by atoms with Crippen LogP contribution in [0.2, 0.25) is 0 Å². The van der Waals surface area contributed by atoms with Crippen molar-refractivity contribution in [1.29, 1.82) is 0 Å². The molecule has 1 N–H and O–H groups in total. The van der Waals surface area contributed by atoms with Crippen molar-refractivity contribution in [2.45, 2.75) is 26.8 Å². The highest BCUT2D eigenvalue weighted by Gasteiger charge is 2.20. The van der Waals surface area contributed by atoms with E-state index in [2.05, 4.69) is 5.32 Å². The molecule has 0 radical (unpaired) electrons. The van der Waals surface area contributed by atoms with Crippen LogP contribution in [0.3, 0.4) is 0 Å². The molecule has 1 aromatic carbocycles. The minimum absolute atomic E-state index is 0.114. The maximum atomic E-state index is 13.7. The van der Waals surface area contributed by atoms with Crippen LogP contribution in [0.1, 0.15) is 28.3 Å². The standard InChI is InChI=1S/C14H14FIN2O2S/c1-7-4-10(9(3)21-7)8(2)17-13-5-11(15)12(16)6-14(13)18(19)20/h4-6,8,17H,1-3H3. The molecule has 0 fully saturated rings. The zero-order chi connectivity index (χ0) is 15.7. The monoisotopic (exact) mass is 420 g/mol. The van der Waals surface area contributed by atoms with Gasteiger partial charge in [0.25, 0.3) is 5.69 Å². The van der Waals surface area contributed by atoms with Gasteiger partial charge in [0.05, 0.1) is 8.49 Å². The average molecular weight is 420 g/mol. The normalized spacial score (nSPS) is 12.2. The fourth-order valence-corrected chi connectivity index (χ4v) is 3.67. The first-order chi connectivity index (χ1) is 9.79. The van der Waals surface area contributed by atoms with Gasteiger partial charge in [0.2, 0.25) is 0 Å². The highest BCUT2D eigenvalue weighted by atomic mass is 127. The maximum absolute atomic E-state index is 13.7. The highest BCUT2D eigenvalue weighted by Crippen LogP contribution is 2.33. The molecule has 0 saturated carbocycles. The molecule has 112 valence electrons. The van der Waals surface area contributed by atoms with Crippen LogP contribution in [-0.4, -0.2) is 4.92 Å². The second-order valence-corrected chi connectivity index (χ2v) is 7.40. The zero-order valence-corrected chi connectivity index (χ0v) is 14.7. The third-order valence-electron chi connectivity index (χ3n) is 3.15. The zero-order valence-electron chi connectivity index (χ0n) is 11.7. The van der Waals surface area contributed by atoms with Crippen LogP contribution < -0.4 is 5.32 Å². The summed E-state index contributed by atoms with van der Waals surface area (Å²) >= 11 is 3.42. The van der Waals surface area contributed by atoms with E-state index in [0.29, 0.717) is 0 Å². The van der Waals surface area contributed by atoms with E-state index in [9.17, 15) is 14.5 Å². The molecule has 0 aliphatic carbocycles. The molecule has 1 unspecified atom stereocenters. The average Bonchev–Trinajstić information content (AvgIpc) is 2.72. The summed E-state index contributed by atoms with van der Waals surface area (Å²) in [6.45, 7) is 5.93. The Kier molecular flexibility index (Phi) is 4.82. The van der Waals surface area contributed by atoms with Crippen LogP contribution in [0.5, 0.6) is 0 Å². The molecule has 0 bridgehead atoms. The molecule has 0 aliphatic heterocycles. The van der Waals surface area contributed by atoms with Crippen molar-refractivity contribution in [3.8, 4) is 0 Å². The fraction of sp³-hybridized carbons (Fsp3) is 0.286. The summed E-state index contributed by atoms with van der Waals surface area (Å²) in [4.78, 5) is 13.0. The van der Waals surface area contributed by atoms with Crippen LogP contribution in [-0.2, 0) is 0 Å². The Morgan fingerprint density at radius 3 is 2.57 bits per heavy atom. The van der Waals surface area contributed by atoms with Gasteiger partial charge in [-0.15, -0.1) is 11.3 Å². The van der Waals surface area contributed by atoms with Crippen LogP contribution >= 0.6 is 33.9 Å². The number of nitrogens with zero attached hydrogens (tertiary/aromatic N) is 1. The molecule has 0 aliphatic rings. The lowest BCUT2D eigenvalue weighted by molar-refractivity contribution is -0.384. The van der Waals surface area contributed by atoms with Crippen molar-refractivity contribution in [2.75, 3.05) is 5.32 Å². The van der Waals surface area contributed by atoms with E-state index in [1.54, 1.807) is 33.9 Å². The number of nitro groups is 1. The molecule has 0 saturated heterocycles. The smallest absolute Gasteiger partial charge is 0.293 e. The molecule has 2 rings (SSSR count). The third-order valence-corrected chi connectivity index (χ3v) is 4.96. The van der Waals surface area contributed by atoms with Gasteiger partial charge < -0.3 is 5.32 Å². The lowest BCUT2D eigenvalue weighted by atomic mass is 10.1. The molecule has 7 heteroatoms. The van der Waals surface area contributed by atoms with E-state index in [0.717, 1.165) is 10.4 Å². The molecule has 2 aromatic rings. The SMILES string of the molecule is Cc1cc(C(C)Nc2cc(F)c(I)cc2[N+](=O)[O-])c(C)s1.